The number of benzene rings is 3. The van der Waals surface area contributed by atoms with Gasteiger partial charge in [0, 0.05) is 0 Å². The Kier molecular flexibility index (Phi) is 7.02. The van der Waals surface area contributed by atoms with Gasteiger partial charge in [-0.05, 0) is 41.5 Å². The smallest absolute Gasteiger partial charge is 0.266 e. The van der Waals surface area contributed by atoms with Crippen molar-refractivity contribution in [2.45, 2.75) is 6.54 Å². The standard InChI is InChI=1S/C25H21NO3S2/c27-24-23(31-25(30)26(24)18-20-7-3-1-4-8-20)17-19-11-13-22(14-12-19)29-16-15-28-21-9-5-2-6-10-21/h1-14,17H,15-16,18H2. The van der Waals surface area contributed by atoms with Gasteiger partial charge in [0.05, 0.1) is 11.4 Å². The molecule has 1 aliphatic heterocycles. The molecule has 0 radical (unpaired) electrons. The van der Waals surface area contributed by atoms with Crippen molar-refractivity contribution in [3.8, 4) is 11.5 Å². The molecule has 0 spiro atoms. The van der Waals surface area contributed by atoms with Gasteiger partial charge in [0.15, 0.2) is 0 Å². The van der Waals surface area contributed by atoms with Crippen LogP contribution in [0.2, 0.25) is 0 Å². The molecular formula is C25H21NO3S2. The molecule has 6 heteroatoms. The molecule has 0 aromatic heterocycles. The zero-order valence-corrected chi connectivity index (χ0v) is 18.4. The highest BCUT2D eigenvalue weighted by atomic mass is 32.2. The molecule has 3 aromatic rings. The summed E-state index contributed by atoms with van der Waals surface area (Å²) in [6, 6.07) is 27.1. The fourth-order valence-corrected chi connectivity index (χ4v) is 4.30. The van der Waals surface area contributed by atoms with Crippen LogP contribution < -0.4 is 9.47 Å². The lowest BCUT2D eigenvalue weighted by Crippen LogP contribution is -2.27. The summed E-state index contributed by atoms with van der Waals surface area (Å²) in [4.78, 5) is 15.1. The fourth-order valence-electron chi connectivity index (χ4n) is 3.05. The lowest BCUT2D eigenvalue weighted by Gasteiger charge is -2.14. The molecule has 1 aliphatic rings. The Labute approximate surface area is 191 Å². The van der Waals surface area contributed by atoms with E-state index in [9.17, 15) is 4.79 Å². The molecule has 31 heavy (non-hydrogen) atoms. The van der Waals surface area contributed by atoms with Crippen LogP contribution in [0.1, 0.15) is 11.1 Å². The minimum atomic E-state index is -0.0581. The quantitative estimate of drug-likeness (QED) is 0.257. The first-order chi connectivity index (χ1) is 15.2. The number of carbonyl (C=O) groups excluding carboxylic acids is 1. The van der Waals surface area contributed by atoms with E-state index in [1.54, 1.807) is 4.90 Å². The third-order valence-corrected chi connectivity index (χ3v) is 5.98. The Balaban J connectivity index is 1.31. The Bertz CT molecular complexity index is 1070. The summed E-state index contributed by atoms with van der Waals surface area (Å²) in [7, 11) is 0. The predicted molar refractivity (Wildman–Crippen MR) is 129 cm³/mol. The van der Waals surface area contributed by atoms with E-state index in [4.69, 9.17) is 21.7 Å². The lowest BCUT2D eigenvalue weighted by molar-refractivity contribution is -0.122. The Hall–Kier alpha value is -3.09. The van der Waals surface area contributed by atoms with Crippen LogP contribution in [0.25, 0.3) is 6.08 Å². The summed E-state index contributed by atoms with van der Waals surface area (Å²) in [5.74, 6) is 1.52. The van der Waals surface area contributed by atoms with Crippen LogP contribution in [0.5, 0.6) is 11.5 Å². The monoisotopic (exact) mass is 447 g/mol. The van der Waals surface area contributed by atoms with Gasteiger partial charge in [-0.1, -0.05) is 84.6 Å². The molecule has 0 bridgehead atoms. The van der Waals surface area contributed by atoms with Gasteiger partial charge < -0.3 is 9.47 Å². The zero-order valence-electron chi connectivity index (χ0n) is 16.8. The van der Waals surface area contributed by atoms with E-state index in [0.29, 0.717) is 29.0 Å². The van der Waals surface area contributed by atoms with Gasteiger partial charge in [-0.2, -0.15) is 0 Å². The number of nitrogens with zero attached hydrogens (tertiary/aromatic N) is 1. The third kappa shape index (κ3) is 5.75. The van der Waals surface area contributed by atoms with Crippen molar-refractivity contribution in [1.82, 2.24) is 4.90 Å². The molecule has 0 atom stereocenters. The molecule has 0 aliphatic carbocycles. The number of rotatable bonds is 8. The molecule has 1 heterocycles. The number of thioether (sulfide) groups is 1. The molecule has 0 N–H and O–H groups in total. The number of ether oxygens (including phenoxy) is 2. The fraction of sp³-hybridized carbons (Fsp3) is 0.120. The number of hydrogen-bond acceptors (Lipinski definition) is 5. The number of hydrogen-bond donors (Lipinski definition) is 0. The number of amides is 1. The number of carbonyl (C=O) groups is 1. The zero-order chi connectivity index (χ0) is 21.5. The maximum absolute atomic E-state index is 12.8. The van der Waals surface area contributed by atoms with Gasteiger partial charge >= 0.3 is 0 Å². The van der Waals surface area contributed by atoms with E-state index < -0.39 is 0 Å². The van der Waals surface area contributed by atoms with E-state index in [0.717, 1.165) is 22.6 Å². The second-order valence-electron chi connectivity index (χ2n) is 6.83. The average molecular weight is 448 g/mol. The van der Waals surface area contributed by atoms with E-state index in [1.807, 2.05) is 91.0 Å². The largest absolute Gasteiger partial charge is 0.490 e. The summed E-state index contributed by atoms with van der Waals surface area (Å²) in [5, 5.41) is 0. The predicted octanol–water partition coefficient (Wildman–Crippen LogP) is 5.55. The first-order valence-corrected chi connectivity index (χ1v) is 11.1. The highest BCUT2D eigenvalue weighted by molar-refractivity contribution is 8.26. The molecule has 0 unspecified atom stereocenters. The first-order valence-electron chi connectivity index (χ1n) is 9.89. The van der Waals surface area contributed by atoms with E-state index in [2.05, 4.69) is 0 Å². The Morgan fingerprint density at radius 3 is 2.03 bits per heavy atom. The van der Waals surface area contributed by atoms with Crippen molar-refractivity contribution < 1.29 is 14.3 Å². The summed E-state index contributed by atoms with van der Waals surface area (Å²) >= 11 is 6.76. The van der Waals surface area contributed by atoms with Gasteiger partial charge in [-0.15, -0.1) is 0 Å². The summed E-state index contributed by atoms with van der Waals surface area (Å²) in [6.45, 7) is 1.41. The van der Waals surface area contributed by atoms with E-state index in [1.165, 1.54) is 11.8 Å². The molecule has 1 fully saturated rings. The van der Waals surface area contributed by atoms with Crippen LogP contribution in [0.4, 0.5) is 0 Å². The van der Waals surface area contributed by atoms with E-state index >= 15 is 0 Å². The Morgan fingerprint density at radius 2 is 1.39 bits per heavy atom. The topological polar surface area (TPSA) is 38.8 Å². The minimum absolute atomic E-state index is 0.0581. The van der Waals surface area contributed by atoms with Crippen molar-refractivity contribution in [3.05, 3.63) is 101 Å². The second kappa shape index (κ2) is 10.3. The van der Waals surface area contributed by atoms with Gasteiger partial charge in [-0.3, -0.25) is 9.69 Å². The number of para-hydroxylation sites is 1. The second-order valence-corrected chi connectivity index (χ2v) is 8.51. The van der Waals surface area contributed by atoms with Crippen molar-refractivity contribution in [1.29, 1.82) is 0 Å². The lowest BCUT2D eigenvalue weighted by atomic mass is 10.2. The third-order valence-electron chi connectivity index (χ3n) is 4.60. The maximum atomic E-state index is 12.8. The van der Waals surface area contributed by atoms with Crippen LogP contribution in [-0.4, -0.2) is 28.3 Å². The van der Waals surface area contributed by atoms with Crippen molar-refractivity contribution >= 4 is 40.3 Å². The van der Waals surface area contributed by atoms with Gasteiger partial charge in [0.25, 0.3) is 5.91 Å². The van der Waals surface area contributed by atoms with Gasteiger partial charge in [0.1, 0.15) is 29.0 Å². The first kappa shape index (κ1) is 21.2. The van der Waals surface area contributed by atoms with Crippen molar-refractivity contribution in [2.24, 2.45) is 0 Å². The summed E-state index contributed by atoms with van der Waals surface area (Å²) in [6.07, 6.45) is 1.87. The molecular weight excluding hydrogens is 426 g/mol. The summed E-state index contributed by atoms with van der Waals surface area (Å²) < 4.78 is 11.9. The molecule has 1 amide bonds. The molecule has 156 valence electrons. The SMILES string of the molecule is O=C1C(=Cc2ccc(OCCOc3ccccc3)cc2)SC(=S)N1Cc1ccccc1. The number of thiocarbonyl (C=S) groups is 1. The van der Waals surface area contributed by atoms with Gasteiger partial charge in [-0.25, -0.2) is 0 Å². The maximum Gasteiger partial charge on any atom is 0.266 e. The van der Waals surface area contributed by atoms with Crippen molar-refractivity contribution in [3.63, 3.8) is 0 Å². The minimum Gasteiger partial charge on any atom is -0.490 e. The molecule has 1 saturated heterocycles. The normalized spacial score (nSPS) is 14.8. The molecule has 4 rings (SSSR count). The molecule has 3 aromatic carbocycles. The van der Waals surface area contributed by atoms with Crippen LogP contribution in [-0.2, 0) is 11.3 Å². The van der Waals surface area contributed by atoms with Crippen LogP contribution in [0, 0.1) is 0 Å². The summed E-state index contributed by atoms with van der Waals surface area (Å²) in [5.41, 5.74) is 1.98. The van der Waals surface area contributed by atoms with Crippen molar-refractivity contribution in [2.75, 3.05) is 13.2 Å². The molecule has 4 nitrogen and oxygen atoms in total. The molecule has 0 saturated carbocycles. The van der Waals surface area contributed by atoms with Crippen LogP contribution >= 0.6 is 24.0 Å². The van der Waals surface area contributed by atoms with Gasteiger partial charge in [0.2, 0.25) is 0 Å². The van der Waals surface area contributed by atoms with E-state index in [-0.39, 0.29) is 5.91 Å². The Morgan fingerprint density at radius 1 is 0.806 bits per heavy atom. The highest BCUT2D eigenvalue weighted by Crippen LogP contribution is 2.33. The average Bonchev–Trinajstić information content (AvgIpc) is 3.06. The van der Waals surface area contributed by atoms with Crippen LogP contribution in [0.3, 0.4) is 0 Å². The highest BCUT2D eigenvalue weighted by Gasteiger charge is 2.31. The van der Waals surface area contributed by atoms with Crippen LogP contribution in [0.15, 0.2) is 89.8 Å².